The number of ether oxygens (including phenoxy) is 1. The Balaban J connectivity index is 1.75. The van der Waals surface area contributed by atoms with E-state index in [2.05, 4.69) is 0 Å². The third kappa shape index (κ3) is 1.73. The minimum absolute atomic E-state index is 0.0201. The van der Waals surface area contributed by atoms with Crippen molar-refractivity contribution in [2.45, 2.75) is 25.3 Å². The molecule has 3 nitrogen and oxygen atoms in total. The van der Waals surface area contributed by atoms with Gasteiger partial charge >= 0.3 is 0 Å². The topological polar surface area (TPSA) is 29.5 Å². The predicted molar refractivity (Wildman–Crippen MR) is 69.8 cm³/mol. The van der Waals surface area contributed by atoms with Crippen molar-refractivity contribution in [3.8, 4) is 0 Å². The average molecular weight is 266 g/mol. The molecule has 1 spiro atoms. The summed E-state index contributed by atoms with van der Waals surface area (Å²) in [7, 11) is 0. The minimum Gasteiger partial charge on any atom is -0.376 e. The maximum absolute atomic E-state index is 12.3. The zero-order valence-corrected chi connectivity index (χ0v) is 11.2. The summed E-state index contributed by atoms with van der Waals surface area (Å²) in [6.45, 7) is 4.24. The van der Waals surface area contributed by atoms with Crippen LogP contribution in [-0.4, -0.2) is 36.1 Å². The number of rotatable bonds is 2. The smallest absolute Gasteiger partial charge is 0.227 e. The molecule has 2 aliphatic heterocycles. The Labute approximate surface area is 112 Å². The van der Waals surface area contributed by atoms with Crippen LogP contribution in [0, 0.1) is 6.92 Å². The van der Waals surface area contributed by atoms with Gasteiger partial charge < -0.3 is 9.64 Å². The predicted octanol–water partition coefficient (Wildman–Crippen LogP) is 2.19. The fourth-order valence-corrected chi connectivity index (χ4v) is 2.99. The van der Waals surface area contributed by atoms with Crippen molar-refractivity contribution in [3.63, 3.8) is 0 Å². The molecule has 96 valence electrons. The van der Waals surface area contributed by atoms with Gasteiger partial charge in [-0.2, -0.15) is 0 Å². The molecule has 3 rings (SSSR count). The maximum atomic E-state index is 12.3. The number of amides is 1. The fraction of sp³-hybridized carbons (Fsp3) is 0.500. The van der Waals surface area contributed by atoms with E-state index in [1.807, 2.05) is 30.0 Å². The SMILES string of the molecule is Cc1cccc(Cl)c1CC(=O)N1CCC12COC2. The van der Waals surface area contributed by atoms with E-state index in [1.54, 1.807) is 0 Å². The van der Waals surface area contributed by atoms with Crippen molar-refractivity contribution >= 4 is 17.5 Å². The molecule has 2 heterocycles. The first kappa shape index (κ1) is 12.0. The first-order valence-electron chi connectivity index (χ1n) is 6.25. The summed E-state index contributed by atoms with van der Waals surface area (Å²) in [5.41, 5.74) is 2.05. The molecule has 0 atom stereocenters. The van der Waals surface area contributed by atoms with E-state index < -0.39 is 0 Å². The maximum Gasteiger partial charge on any atom is 0.227 e. The van der Waals surface area contributed by atoms with Gasteiger partial charge in [0, 0.05) is 11.6 Å². The quantitative estimate of drug-likeness (QED) is 0.820. The summed E-state index contributed by atoms with van der Waals surface area (Å²) in [4.78, 5) is 14.3. The lowest BCUT2D eigenvalue weighted by Crippen LogP contribution is -2.72. The van der Waals surface area contributed by atoms with Crippen LogP contribution in [0.1, 0.15) is 17.5 Å². The van der Waals surface area contributed by atoms with E-state index in [0.717, 1.165) is 24.1 Å². The van der Waals surface area contributed by atoms with Crippen LogP contribution in [-0.2, 0) is 16.0 Å². The van der Waals surface area contributed by atoms with Crippen molar-refractivity contribution in [1.82, 2.24) is 4.90 Å². The molecular weight excluding hydrogens is 250 g/mol. The van der Waals surface area contributed by atoms with E-state index in [-0.39, 0.29) is 11.4 Å². The number of carbonyl (C=O) groups is 1. The molecule has 0 unspecified atom stereocenters. The third-order valence-electron chi connectivity index (χ3n) is 4.10. The number of hydrogen-bond acceptors (Lipinski definition) is 2. The van der Waals surface area contributed by atoms with Gasteiger partial charge in [-0.05, 0) is 30.5 Å². The normalized spacial score (nSPS) is 20.4. The summed E-state index contributed by atoms with van der Waals surface area (Å²) in [6.07, 6.45) is 1.47. The monoisotopic (exact) mass is 265 g/mol. The Morgan fingerprint density at radius 2 is 2.28 bits per heavy atom. The van der Waals surface area contributed by atoms with E-state index in [9.17, 15) is 4.79 Å². The first-order chi connectivity index (χ1) is 8.62. The van der Waals surface area contributed by atoms with Crippen LogP contribution in [0.25, 0.3) is 0 Å². The lowest BCUT2D eigenvalue weighted by Gasteiger charge is -2.57. The highest BCUT2D eigenvalue weighted by molar-refractivity contribution is 6.31. The van der Waals surface area contributed by atoms with Gasteiger partial charge in [-0.3, -0.25) is 4.79 Å². The Morgan fingerprint density at radius 3 is 2.78 bits per heavy atom. The molecule has 0 radical (unpaired) electrons. The number of aryl methyl sites for hydroxylation is 1. The van der Waals surface area contributed by atoms with E-state index in [0.29, 0.717) is 24.7 Å². The first-order valence-corrected chi connectivity index (χ1v) is 6.62. The molecule has 2 saturated heterocycles. The van der Waals surface area contributed by atoms with Gasteiger partial charge in [-0.1, -0.05) is 23.7 Å². The molecule has 2 fully saturated rings. The molecule has 0 bridgehead atoms. The van der Waals surface area contributed by atoms with E-state index in [4.69, 9.17) is 16.3 Å². The zero-order chi connectivity index (χ0) is 12.8. The van der Waals surface area contributed by atoms with Crippen molar-refractivity contribution in [1.29, 1.82) is 0 Å². The second-order valence-electron chi connectivity index (χ2n) is 5.22. The van der Waals surface area contributed by atoms with Gasteiger partial charge in [0.25, 0.3) is 0 Å². The number of nitrogens with zero attached hydrogens (tertiary/aromatic N) is 1. The van der Waals surface area contributed by atoms with Crippen molar-refractivity contribution in [2.24, 2.45) is 0 Å². The lowest BCUT2D eigenvalue weighted by molar-refractivity contribution is -0.199. The number of likely N-dealkylation sites (tertiary alicyclic amines) is 1. The third-order valence-corrected chi connectivity index (χ3v) is 4.45. The highest BCUT2D eigenvalue weighted by Crippen LogP contribution is 2.38. The van der Waals surface area contributed by atoms with Crippen molar-refractivity contribution in [3.05, 3.63) is 34.3 Å². The van der Waals surface area contributed by atoms with Gasteiger partial charge in [-0.25, -0.2) is 0 Å². The van der Waals surface area contributed by atoms with Gasteiger partial charge in [0.1, 0.15) is 0 Å². The number of benzene rings is 1. The molecular formula is C14H16ClNO2. The van der Waals surface area contributed by atoms with Crippen LogP contribution in [0.4, 0.5) is 0 Å². The largest absolute Gasteiger partial charge is 0.376 e. The van der Waals surface area contributed by atoms with E-state index in [1.165, 1.54) is 0 Å². The second-order valence-corrected chi connectivity index (χ2v) is 5.63. The molecule has 0 saturated carbocycles. The van der Waals surface area contributed by atoms with Crippen LogP contribution in [0.15, 0.2) is 18.2 Å². The summed E-state index contributed by atoms with van der Waals surface area (Å²) in [5, 5.41) is 0.683. The molecule has 18 heavy (non-hydrogen) atoms. The zero-order valence-electron chi connectivity index (χ0n) is 10.4. The Kier molecular flexibility index (Phi) is 2.83. The number of hydrogen-bond donors (Lipinski definition) is 0. The Bertz CT molecular complexity index is 471. The molecule has 0 aromatic heterocycles. The van der Waals surface area contributed by atoms with Crippen LogP contribution in [0.2, 0.25) is 5.02 Å². The molecule has 0 N–H and O–H groups in total. The van der Waals surface area contributed by atoms with Crippen molar-refractivity contribution < 1.29 is 9.53 Å². The van der Waals surface area contributed by atoms with Crippen LogP contribution < -0.4 is 0 Å². The average Bonchev–Trinajstić information content (AvgIpc) is 2.20. The summed E-state index contributed by atoms with van der Waals surface area (Å²) < 4.78 is 5.24. The Hall–Kier alpha value is -1.06. The van der Waals surface area contributed by atoms with Gasteiger partial charge in [0.2, 0.25) is 5.91 Å². The standard InChI is InChI=1S/C14H16ClNO2/c1-10-3-2-4-12(15)11(10)7-13(17)16-6-5-14(16)8-18-9-14/h2-4H,5-9H2,1H3. The van der Waals surface area contributed by atoms with Gasteiger partial charge in [-0.15, -0.1) is 0 Å². The summed E-state index contributed by atoms with van der Waals surface area (Å²) in [6, 6.07) is 5.75. The van der Waals surface area contributed by atoms with Gasteiger partial charge in [0.05, 0.1) is 25.2 Å². The van der Waals surface area contributed by atoms with Crippen LogP contribution in [0.3, 0.4) is 0 Å². The highest BCUT2D eigenvalue weighted by Gasteiger charge is 2.52. The minimum atomic E-state index is 0.0201. The molecule has 4 heteroatoms. The highest BCUT2D eigenvalue weighted by atomic mass is 35.5. The van der Waals surface area contributed by atoms with E-state index >= 15 is 0 Å². The summed E-state index contributed by atoms with van der Waals surface area (Å²) in [5.74, 6) is 0.167. The summed E-state index contributed by atoms with van der Waals surface area (Å²) >= 11 is 6.16. The molecule has 0 aliphatic carbocycles. The van der Waals surface area contributed by atoms with Crippen molar-refractivity contribution in [2.75, 3.05) is 19.8 Å². The molecule has 1 amide bonds. The fourth-order valence-electron chi connectivity index (χ4n) is 2.70. The Morgan fingerprint density at radius 1 is 1.50 bits per heavy atom. The number of carbonyl (C=O) groups excluding carboxylic acids is 1. The molecule has 2 aliphatic rings. The molecule has 1 aromatic rings. The van der Waals surface area contributed by atoms with Crippen LogP contribution in [0.5, 0.6) is 0 Å². The lowest BCUT2D eigenvalue weighted by atomic mass is 9.82. The molecule has 1 aromatic carbocycles. The van der Waals surface area contributed by atoms with Crippen LogP contribution >= 0.6 is 11.6 Å². The number of halogens is 1. The van der Waals surface area contributed by atoms with Gasteiger partial charge in [0.15, 0.2) is 0 Å². The second kappa shape index (κ2) is 4.25.